The molecule has 2 N–H and O–H groups in total. The predicted octanol–water partition coefficient (Wildman–Crippen LogP) is 3.17. The summed E-state index contributed by atoms with van der Waals surface area (Å²) in [7, 11) is 3.03. The van der Waals surface area contributed by atoms with Crippen molar-refractivity contribution in [3.63, 3.8) is 0 Å². The quantitative estimate of drug-likeness (QED) is 0.694. The van der Waals surface area contributed by atoms with Crippen molar-refractivity contribution in [1.29, 1.82) is 0 Å². The number of halogens is 1. The molecule has 20 heavy (non-hydrogen) atoms. The van der Waals surface area contributed by atoms with Gasteiger partial charge >= 0.3 is 0 Å². The van der Waals surface area contributed by atoms with E-state index in [1.54, 1.807) is 36.4 Å². The molecule has 2 aromatic carbocycles. The van der Waals surface area contributed by atoms with E-state index in [4.69, 9.17) is 26.8 Å². The van der Waals surface area contributed by atoms with Crippen molar-refractivity contribution in [2.24, 2.45) is 0 Å². The van der Waals surface area contributed by atoms with Crippen LogP contribution in [0.3, 0.4) is 0 Å². The zero-order valence-electron chi connectivity index (χ0n) is 11.1. The van der Waals surface area contributed by atoms with E-state index in [9.17, 15) is 4.79 Å². The van der Waals surface area contributed by atoms with Crippen LogP contribution in [0.15, 0.2) is 36.4 Å². The molecule has 0 aliphatic rings. The van der Waals surface area contributed by atoms with Crippen molar-refractivity contribution < 1.29 is 14.3 Å². The number of nitrogens with two attached hydrogens (primary N) is 1. The highest BCUT2D eigenvalue weighted by Gasteiger charge is 2.17. The number of methoxy groups -OCH3 is 2. The molecule has 104 valence electrons. The highest BCUT2D eigenvalue weighted by atomic mass is 35.5. The monoisotopic (exact) mass is 291 g/mol. The van der Waals surface area contributed by atoms with E-state index in [1.807, 2.05) is 0 Å². The molecule has 0 aliphatic heterocycles. The summed E-state index contributed by atoms with van der Waals surface area (Å²) in [4.78, 5) is 12.5. The Labute approximate surface area is 122 Å². The number of carbonyl (C=O) groups excluding carboxylic acids is 1. The van der Waals surface area contributed by atoms with E-state index in [0.29, 0.717) is 33.3 Å². The second-order valence-electron chi connectivity index (χ2n) is 4.13. The Morgan fingerprint density at radius 2 is 1.75 bits per heavy atom. The van der Waals surface area contributed by atoms with Crippen molar-refractivity contribution in [2.75, 3.05) is 20.0 Å². The fraction of sp³-hybridized carbons (Fsp3) is 0.133. The summed E-state index contributed by atoms with van der Waals surface area (Å²) in [6.45, 7) is 0. The van der Waals surface area contributed by atoms with Crippen LogP contribution in [-0.4, -0.2) is 20.0 Å². The van der Waals surface area contributed by atoms with Gasteiger partial charge in [-0.25, -0.2) is 0 Å². The van der Waals surface area contributed by atoms with Crippen molar-refractivity contribution >= 4 is 23.1 Å². The van der Waals surface area contributed by atoms with Crippen molar-refractivity contribution in [3.05, 3.63) is 52.5 Å². The molecule has 0 saturated heterocycles. The van der Waals surface area contributed by atoms with Gasteiger partial charge in [-0.15, -0.1) is 0 Å². The number of anilines is 1. The third-order valence-electron chi connectivity index (χ3n) is 2.89. The standard InChI is InChI=1S/C15H14ClNO3/c1-19-10-4-6-11(13(16)8-10)15(18)12-5-3-9(17)7-14(12)20-2/h3-8H,17H2,1-2H3. The topological polar surface area (TPSA) is 61.5 Å². The zero-order chi connectivity index (χ0) is 14.7. The first-order valence-electron chi connectivity index (χ1n) is 5.88. The molecular weight excluding hydrogens is 278 g/mol. The molecule has 0 fully saturated rings. The SMILES string of the molecule is COc1ccc(C(=O)c2ccc(N)cc2OC)c(Cl)c1. The highest BCUT2D eigenvalue weighted by molar-refractivity contribution is 6.35. The summed E-state index contributed by atoms with van der Waals surface area (Å²) in [5.74, 6) is 0.784. The molecule has 0 heterocycles. The molecule has 0 spiro atoms. The lowest BCUT2D eigenvalue weighted by atomic mass is 10.0. The first kappa shape index (κ1) is 14.2. The van der Waals surface area contributed by atoms with Crippen LogP contribution in [0.1, 0.15) is 15.9 Å². The molecular formula is C15H14ClNO3. The maximum Gasteiger partial charge on any atom is 0.198 e. The van der Waals surface area contributed by atoms with E-state index in [-0.39, 0.29) is 5.78 Å². The van der Waals surface area contributed by atoms with Gasteiger partial charge in [-0.3, -0.25) is 4.79 Å². The summed E-state index contributed by atoms with van der Waals surface area (Å²) >= 11 is 6.11. The summed E-state index contributed by atoms with van der Waals surface area (Å²) in [6.07, 6.45) is 0. The van der Waals surface area contributed by atoms with E-state index < -0.39 is 0 Å². The molecule has 0 saturated carbocycles. The van der Waals surface area contributed by atoms with Crippen LogP contribution in [0.5, 0.6) is 11.5 Å². The second-order valence-corrected chi connectivity index (χ2v) is 4.54. The smallest absolute Gasteiger partial charge is 0.198 e. The fourth-order valence-corrected chi connectivity index (χ4v) is 2.10. The van der Waals surface area contributed by atoms with Crippen LogP contribution in [0.2, 0.25) is 5.02 Å². The molecule has 5 heteroatoms. The van der Waals surface area contributed by atoms with Gasteiger partial charge in [0.2, 0.25) is 0 Å². The Morgan fingerprint density at radius 3 is 2.35 bits per heavy atom. The summed E-state index contributed by atoms with van der Waals surface area (Å²) in [5.41, 5.74) is 7.00. The predicted molar refractivity (Wildman–Crippen MR) is 78.8 cm³/mol. The summed E-state index contributed by atoms with van der Waals surface area (Å²) in [5, 5.41) is 0.327. The number of benzene rings is 2. The Bertz CT molecular complexity index is 656. The third kappa shape index (κ3) is 2.70. The van der Waals surface area contributed by atoms with Crippen molar-refractivity contribution in [3.8, 4) is 11.5 Å². The van der Waals surface area contributed by atoms with Gasteiger partial charge in [0.15, 0.2) is 5.78 Å². The van der Waals surface area contributed by atoms with Gasteiger partial charge in [-0.1, -0.05) is 11.6 Å². The molecule has 0 radical (unpaired) electrons. The number of rotatable bonds is 4. The lowest BCUT2D eigenvalue weighted by Gasteiger charge is -2.10. The average Bonchev–Trinajstić information content (AvgIpc) is 2.46. The highest BCUT2D eigenvalue weighted by Crippen LogP contribution is 2.29. The van der Waals surface area contributed by atoms with E-state index >= 15 is 0 Å². The lowest BCUT2D eigenvalue weighted by molar-refractivity contribution is 0.103. The lowest BCUT2D eigenvalue weighted by Crippen LogP contribution is -2.05. The largest absolute Gasteiger partial charge is 0.497 e. The maximum absolute atomic E-state index is 12.5. The van der Waals surface area contributed by atoms with E-state index in [0.717, 1.165) is 0 Å². The van der Waals surface area contributed by atoms with Gasteiger partial charge in [0.05, 0.1) is 24.8 Å². The summed E-state index contributed by atoms with van der Waals surface area (Å²) < 4.78 is 10.2. The normalized spacial score (nSPS) is 10.2. The second kappa shape index (κ2) is 5.84. The Hall–Kier alpha value is -2.20. The molecule has 0 aliphatic carbocycles. The first-order chi connectivity index (χ1) is 9.56. The number of carbonyl (C=O) groups is 1. The first-order valence-corrected chi connectivity index (χ1v) is 6.26. The van der Waals surface area contributed by atoms with Crippen LogP contribution in [0.25, 0.3) is 0 Å². The molecule has 0 amide bonds. The van der Waals surface area contributed by atoms with Crippen LogP contribution < -0.4 is 15.2 Å². The molecule has 2 aromatic rings. The van der Waals surface area contributed by atoms with Crippen LogP contribution in [0, 0.1) is 0 Å². The number of hydrogen-bond acceptors (Lipinski definition) is 4. The van der Waals surface area contributed by atoms with Gasteiger partial charge in [-0.05, 0) is 30.3 Å². The number of hydrogen-bond donors (Lipinski definition) is 1. The molecule has 0 bridgehead atoms. The number of ketones is 1. The number of ether oxygens (including phenoxy) is 2. The van der Waals surface area contributed by atoms with Crippen LogP contribution in [0.4, 0.5) is 5.69 Å². The maximum atomic E-state index is 12.5. The van der Waals surface area contributed by atoms with Crippen LogP contribution in [-0.2, 0) is 0 Å². The Balaban J connectivity index is 2.46. The number of nitrogen functional groups attached to an aromatic ring is 1. The summed E-state index contributed by atoms with van der Waals surface area (Å²) in [6, 6.07) is 9.77. The Morgan fingerprint density at radius 1 is 1.05 bits per heavy atom. The van der Waals surface area contributed by atoms with Gasteiger partial charge < -0.3 is 15.2 Å². The fourth-order valence-electron chi connectivity index (χ4n) is 1.85. The zero-order valence-corrected chi connectivity index (χ0v) is 11.9. The van der Waals surface area contributed by atoms with E-state index in [2.05, 4.69) is 0 Å². The average molecular weight is 292 g/mol. The van der Waals surface area contributed by atoms with Gasteiger partial charge in [-0.2, -0.15) is 0 Å². The Kier molecular flexibility index (Phi) is 4.15. The minimum Gasteiger partial charge on any atom is -0.497 e. The third-order valence-corrected chi connectivity index (χ3v) is 3.20. The van der Waals surface area contributed by atoms with Gasteiger partial charge in [0.1, 0.15) is 11.5 Å². The molecule has 4 nitrogen and oxygen atoms in total. The molecule has 0 atom stereocenters. The van der Waals surface area contributed by atoms with Crippen molar-refractivity contribution in [1.82, 2.24) is 0 Å². The van der Waals surface area contributed by atoms with Gasteiger partial charge in [0.25, 0.3) is 0 Å². The molecule has 0 aromatic heterocycles. The van der Waals surface area contributed by atoms with E-state index in [1.165, 1.54) is 14.2 Å². The molecule has 2 rings (SSSR count). The minimum atomic E-state index is -0.227. The molecule has 0 unspecified atom stereocenters. The van der Waals surface area contributed by atoms with Crippen molar-refractivity contribution in [2.45, 2.75) is 0 Å². The van der Waals surface area contributed by atoms with Crippen LogP contribution >= 0.6 is 11.6 Å². The minimum absolute atomic E-state index is 0.227. The van der Waals surface area contributed by atoms with Gasteiger partial charge in [0, 0.05) is 17.3 Å².